The third-order valence-corrected chi connectivity index (χ3v) is 4.44. The lowest BCUT2D eigenvalue weighted by Gasteiger charge is -2.20. The van der Waals surface area contributed by atoms with E-state index in [1.807, 2.05) is 12.1 Å². The highest BCUT2D eigenvalue weighted by Gasteiger charge is 2.14. The Bertz CT molecular complexity index is 405. The van der Waals surface area contributed by atoms with Gasteiger partial charge in [-0.3, -0.25) is 0 Å². The van der Waals surface area contributed by atoms with Gasteiger partial charge in [0.25, 0.3) is 0 Å². The monoisotopic (exact) mass is 344 g/mol. The number of likely N-dealkylation sites (tertiary alicyclic amines) is 1. The number of benzene rings is 1. The Morgan fingerprint density at radius 3 is 2.79 bits per heavy atom. The van der Waals surface area contributed by atoms with Crippen molar-refractivity contribution in [2.45, 2.75) is 26.3 Å². The molecule has 0 amide bonds. The zero-order valence-corrected chi connectivity index (χ0v) is 13.8. The standard InChI is InChI=1S/C15H22BrClN2/c1-12(11-19-6-2-3-7-19)9-18-10-13-4-5-14(16)8-15(13)17/h4-5,8,12,18H,2-3,6-7,9-11H2,1H3. The Morgan fingerprint density at radius 1 is 1.37 bits per heavy atom. The fourth-order valence-electron chi connectivity index (χ4n) is 2.59. The first-order chi connectivity index (χ1) is 9.15. The minimum absolute atomic E-state index is 0.687. The van der Waals surface area contributed by atoms with Crippen molar-refractivity contribution in [1.82, 2.24) is 10.2 Å². The van der Waals surface area contributed by atoms with Crippen LogP contribution in [0.1, 0.15) is 25.3 Å². The van der Waals surface area contributed by atoms with Crippen molar-refractivity contribution in [3.05, 3.63) is 33.3 Å². The van der Waals surface area contributed by atoms with Crippen molar-refractivity contribution in [2.24, 2.45) is 5.92 Å². The fourth-order valence-corrected chi connectivity index (χ4v) is 3.33. The van der Waals surface area contributed by atoms with Crippen molar-refractivity contribution in [2.75, 3.05) is 26.2 Å². The molecule has 0 bridgehead atoms. The highest BCUT2D eigenvalue weighted by Crippen LogP contribution is 2.21. The summed E-state index contributed by atoms with van der Waals surface area (Å²) in [6.07, 6.45) is 2.74. The normalized spacial score (nSPS) is 17.8. The molecule has 1 aromatic rings. The Morgan fingerprint density at radius 2 is 2.11 bits per heavy atom. The van der Waals surface area contributed by atoms with Crippen molar-refractivity contribution >= 4 is 27.5 Å². The summed E-state index contributed by atoms with van der Waals surface area (Å²) in [7, 11) is 0. The van der Waals surface area contributed by atoms with Crippen LogP contribution in [0.5, 0.6) is 0 Å². The van der Waals surface area contributed by atoms with Gasteiger partial charge in [-0.05, 0) is 56.1 Å². The van der Waals surface area contributed by atoms with E-state index in [1.54, 1.807) is 0 Å². The molecule has 0 aliphatic carbocycles. The zero-order valence-electron chi connectivity index (χ0n) is 11.5. The van der Waals surface area contributed by atoms with E-state index in [4.69, 9.17) is 11.6 Å². The smallest absolute Gasteiger partial charge is 0.0462 e. The van der Waals surface area contributed by atoms with Crippen LogP contribution >= 0.6 is 27.5 Å². The average Bonchev–Trinajstić information content (AvgIpc) is 2.84. The average molecular weight is 346 g/mol. The Balaban J connectivity index is 1.70. The van der Waals surface area contributed by atoms with Gasteiger partial charge in [0.05, 0.1) is 0 Å². The van der Waals surface area contributed by atoms with Crippen molar-refractivity contribution in [3.8, 4) is 0 Å². The molecular weight excluding hydrogens is 324 g/mol. The summed E-state index contributed by atoms with van der Waals surface area (Å²) in [6.45, 7) is 7.97. The molecule has 0 spiro atoms. The van der Waals surface area contributed by atoms with Gasteiger partial charge in [-0.25, -0.2) is 0 Å². The van der Waals surface area contributed by atoms with Crippen molar-refractivity contribution < 1.29 is 0 Å². The SMILES string of the molecule is CC(CNCc1ccc(Br)cc1Cl)CN1CCCC1. The third-order valence-electron chi connectivity index (χ3n) is 3.59. The second-order valence-corrected chi connectivity index (χ2v) is 6.80. The molecule has 1 aromatic carbocycles. The zero-order chi connectivity index (χ0) is 13.7. The Hall–Kier alpha value is -0.0900. The molecule has 0 radical (unpaired) electrons. The van der Waals surface area contributed by atoms with E-state index in [-0.39, 0.29) is 0 Å². The molecule has 2 nitrogen and oxygen atoms in total. The minimum Gasteiger partial charge on any atom is -0.312 e. The molecule has 0 aromatic heterocycles. The predicted molar refractivity (Wildman–Crippen MR) is 85.7 cm³/mol. The fraction of sp³-hybridized carbons (Fsp3) is 0.600. The van der Waals surface area contributed by atoms with Gasteiger partial charge < -0.3 is 10.2 Å². The molecular formula is C15H22BrClN2. The quantitative estimate of drug-likeness (QED) is 0.840. The minimum atomic E-state index is 0.687. The Kier molecular flexibility index (Phi) is 6.14. The maximum Gasteiger partial charge on any atom is 0.0462 e. The molecule has 1 N–H and O–H groups in total. The van der Waals surface area contributed by atoms with Gasteiger partial charge in [0.15, 0.2) is 0 Å². The molecule has 106 valence electrons. The topological polar surface area (TPSA) is 15.3 Å². The summed E-state index contributed by atoms with van der Waals surface area (Å²) in [5.74, 6) is 0.687. The number of halogens is 2. The van der Waals surface area contributed by atoms with Crippen molar-refractivity contribution in [1.29, 1.82) is 0 Å². The lowest BCUT2D eigenvalue weighted by Crippen LogP contribution is -2.31. The second-order valence-electron chi connectivity index (χ2n) is 5.48. The molecule has 1 aliphatic heterocycles. The summed E-state index contributed by atoms with van der Waals surface area (Å²) in [5, 5.41) is 4.34. The lowest BCUT2D eigenvalue weighted by atomic mass is 10.1. The number of hydrogen-bond acceptors (Lipinski definition) is 2. The van der Waals surface area contributed by atoms with E-state index in [2.05, 4.69) is 39.1 Å². The van der Waals surface area contributed by atoms with Crippen LogP contribution < -0.4 is 5.32 Å². The van der Waals surface area contributed by atoms with Gasteiger partial charge in [-0.15, -0.1) is 0 Å². The molecule has 1 atom stereocenters. The summed E-state index contributed by atoms with van der Waals surface area (Å²) in [6, 6.07) is 6.06. The van der Waals surface area contributed by atoms with Crippen LogP contribution in [0.15, 0.2) is 22.7 Å². The van der Waals surface area contributed by atoms with Gasteiger partial charge in [0, 0.05) is 22.6 Å². The van der Waals surface area contributed by atoms with Crippen LogP contribution in [-0.2, 0) is 6.54 Å². The summed E-state index contributed by atoms with van der Waals surface area (Å²) >= 11 is 9.63. The first-order valence-corrected chi connectivity index (χ1v) is 8.19. The molecule has 0 saturated carbocycles. The third kappa shape index (κ3) is 5.07. The second kappa shape index (κ2) is 7.63. The maximum atomic E-state index is 6.20. The molecule has 1 saturated heterocycles. The summed E-state index contributed by atoms with van der Waals surface area (Å²) in [4.78, 5) is 2.57. The van der Waals surface area contributed by atoms with Crippen LogP contribution in [0.25, 0.3) is 0 Å². The predicted octanol–water partition coefficient (Wildman–Crippen LogP) is 3.92. The highest BCUT2D eigenvalue weighted by molar-refractivity contribution is 9.10. The largest absolute Gasteiger partial charge is 0.312 e. The van der Waals surface area contributed by atoms with Gasteiger partial charge in [-0.1, -0.05) is 40.5 Å². The van der Waals surface area contributed by atoms with Crippen LogP contribution in [-0.4, -0.2) is 31.1 Å². The van der Waals surface area contributed by atoms with Crippen LogP contribution in [0, 0.1) is 5.92 Å². The van der Waals surface area contributed by atoms with E-state index in [0.717, 1.165) is 22.6 Å². The van der Waals surface area contributed by atoms with Crippen LogP contribution in [0.2, 0.25) is 5.02 Å². The van der Waals surface area contributed by atoms with E-state index in [0.29, 0.717) is 5.92 Å². The number of nitrogens with zero attached hydrogens (tertiary/aromatic N) is 1. The van der Waals surface area contributed by atoms with Gasteiger partial charge in [0.1, 0.15) is 0 Å². The molecule has 4 heteroatoms. The molecule has 1 unspecified atom stereocenters. The van der Waals surface area contributed by atoms with Crippen LogP contribution in [0.4, 0.5) is 0 Å². The summed E-state index contributed by atoms with van der Waals surface area (Å²) < 4.78 is 1.03. The van der Waals surface area contributed by atoms with E-state index >= 15 is 0 Å². The molecule has 1 fully saturated rings. The van der Waals surface area contributed by atoms with Gasteiger partial charge in [-0.2, -0.15) is 0 Å². The van der Waals surface area contributed by atoms with E-state index in [1.165, 1.54) is 38.0 Å². The van der Waals surface area contributed by atoms with Crippen molar-refractivity contribution in [3.63, 3.8) is 0 Å². The van der Waals surface area contributed by atoms with Crippen LogP contribution in [0.3, 0.4) is 0 Å². The molecule has 1 aliphatic rings. The lowest BCUT2D eigenvalue weighted by molar-refractivity contribution is 0.282. The number of rotatable bonds is 6. The molecule has 1 heterocycles. The Labute approximate surface area is 129 Å². The van der Waals surface area contributed by atoms with E-state index in [9.17, 15) is 0 Å². The van der Waals surface area contributed by atoms with Gasteiger partial charge in [0.2, 0.25) is 0 Å². The maximum absolute atomic E-state index is 6.20. The highest BCUT2D eigenvalue weighted by atomic mass is 79.9. The summed E-state index contributed by atoms with van der Waals surface area (Å²) in [5.41, 5.74) is 1.17. The number of hydrogen-bond donors (Lipinski definition) is 1. The first kappa shape index (κ1) is 15.3. The molecule has 19 heavy (non-hydrogen) atoms. The van der Waals surface area contributed by atoms with E-state index < -0.39 is 0 Å². The number of nitrogens with one attached hydrogen (secondary N) is 1. The van der Waals surface area contributed by atoms with Gasteiger partial charge >= 0.3 is 0 Å². The first-order valence-electron chi connectivity index (χ1n) is 7.02. The molecule has 2 rings (SSSR count).